The summed E-state index contributed by atoms with van der Waals surface area (Å²) >= 11 is 0. The fourth-order valence-electron chi connectivity index (χ4n) is 2.05. The molecule has 88 valence electrons. The monoisotopic (exact) mass is 221 g/mol. The summed E-state index contributed by atoms with van der Waals surface area (Å²) in [7, 11) is 1.67. The fourth-order valence-corrected chi connectivity index (χ4v) is 2.05. The van der Waals surface area contributed by atoms with Gasteiger partial charge in [-0.2, -0.15) is 0 Å². The van der Waals surface area contributed by atoms with Crippen LogP contribution < -0.4 is 15.0 Å². The zero-order valence-corrected chi connectivity index (χ0v) is 10.2. The Labute approximate surface area is 96.6 Å². The number of piperazine rings is 1. The van der Waals surface area contributed by atoms with Gasteiger partial charge in [0.15, 0.2) is 0 Å². The van der Waals surface area contributed by atoms with E-state index in [2.05, 4.69) is 29.0 Å². The molecule has 1 fully saturated rings. The van der Waals surface area contributed by atoms with Crippen LogP contribution in [0.1, 0.15) is 13.8 Å². The topological polar surface area (TPSA) is 37.4 Å². The molecule has 1 aromatic rings. The molecule has 0 aliphatic carbocycles. The number of hydrogen-bond acceptors (Lipinski definition) is 4. The molecule has 2 heterocycles. The van der Waals surface area contributed by atoms with Gasteiger partial charge in [0.25, 0.3) is 0 Å². The largest absolute Gasteiger partial charge is 0.495 e. The molecule has 1 aromatic heterocycles. The maximum Gasteiger partial charge on any atom is 0.139 e. The average molecular weight is 221 g/mol. The molecule has 0 atom stereocenters. The number of nitrogens with zero attached hydrogens (tertiary/aromatic N) is 2. The molecule has 0 saturated carbocycles. The predicted molar refractivity (Wildman–Crippen MR) is 65.1 cm³/mol. The van der Waals surface area contributed by atoms with E-state index in [0.29, 0.717) is 0 Å². The van der Waals surface area contributed by atoms with Gasteiger partial charge in [-0.25, -0.2) is 0 Å². The normalized spacial score (nSPS) is 19.6. The van der Waals surface area contributed by atoms with E-state index in [1.807, 2.05) is 12.3 Å². The van der Waals surface area contributed by atoms with E-state index in [4.69, 9.17) is 4.74 Å². The van der Waals surface area contributed by atoms with Crippen molar-refractivity contribution in [3.8, 4) is 5.75 Å². The molecule has 4 heteroatoms. The third-order valence-electron chi connectivity index (χ3n) is 2.87. The second-order valence-corrected chi connectivity index (χ2v) is 4.82. The number of pyridine rings is 1. The van der Waals surface area contributed by atoms with Crippen molar-refractivity contribution in [2.75, 3.05) is 31.6 Å². The molecule has 0 bridgehead atoms. The Kier molecular flexibility index (Phi) is 3.01. The molecule has 0 aromatic carbocycles. The van der Waals surface area contributed by atoms with Crippen LogP contribution in [0.2, 0.25) is 0 Å². The van der Waals surface area contributed by atoms with E-state index in [1.54, 1.807) is 13.3 Å². The average Bonchev–Trinajstić information content (AvgIpc) is 2.28. The predicted octanol–water partition coefficient (Wildman–Crippen LogP) is 1.28. The van der Waals surface area contributed by atoms with Gasteiger partial charge in [-0.3, -0.25) is 4.98 Å². The number of aromatic nitrogens is 1. The fraction of sp³-hybridized carbons (Fsp3) is 0.583. The molecule has 1 aliphatic heterocycles. The third kappa shape index (κ3) is 2.44. The van der Waals surface area contributed by atoms with E-state index in [1.165, 1.54) is 0 Å². The molecule has 0 amide bonds. The third-order valence-corrected chi connectivity index (χ3v) is 2.87. The lowest BCUT2D eigenvalue weighted by molar-refractivity contribution is 0.352. The van der Waals surface area contributed by atoms with Gasteiger partial charge in [-0.05, 0) is 13.8 Å². The Bertz CT molecular complexity index is 365. The van der Waals surface area contributed by atoms with Crippen LogP contribution >= 0.6 is 0 Å². The van der Waals surface area contributed by atoms with Crippen LogP contribution in [0.15, 0.2) is 18.5 Å². The van der Waals surface area contributed by atoms with Crippen LogP contribution in [-0.4, -0.2) is 37.3 Å². The van der Waals surface area contributed by atoms with Crippen molar-refractivity contribution in [1.82, 2.24) is 10.3 Å². The lowest BCUT2D eigenvalue weighted by Gasteiger charge is -2.40. The van der Waals surface area contributed by atoms with Gasteiger partial charge >= 0.3 is 0 Å². The molecule has 1 N–H and O–H groups in total. The van der Waals surface area contributed by atoms with Crippen molar-refractivity contribution < 1.29 is 4.74 Å². The second-order valence-electron chi connectivity index (χ2n) is 4.82. The molecular weight excluding hydrogens is 202 g/mol. The Morgan fingerprint density at radius 1 is 1.44 bits per heavy atom. The standard InChI is InChI=1S/C12H19N3O/c1-12(2)9-15(5-4-14-12)10-6-11(16-3)8-13-7-10/h6-8,14H,4-5,9H2,1-3H3. The smallest absolute Gasteiger partial charge is 0.139 e. The first-order valence-electron chi connectivity index (χ1n) is 5.60. The van der Waals surface area contributed by atoms with Gasteiger partial charge in [-0.1, -0.05) is 0 Å². The van der Waals surface area contributed by atoms with Gasteiger partial charge < -0.3 is 15.0 Å². The molecule has 0 spiro atoms. The molecule has 4 nitrogen and oxygen atoms in total. The molecular formula is C12H19N3O. The Morgan fingerprint density at radius 2 is 2.25 bits per heavy atom. The summed E-state index contributed by atoms with van der Waals surface area (Å²) in [5, 5.41) is 3.49. The van der Waals surface area contributed by atoms with E-state index >= 15 is 0 Å². The van der Waals surface area contributed by atoms with Gasteiger partial charge in [0.1, 0.15) is 5.75 Å². The van der Waals surface area contributed by atoms with Crippen molar-refractivity contribution in [2.45, 2.75) is 19.4 Å². The van der Waals surface area contributed by atoms with E-state index < -0.39 is 0 Å². The van der Waals surface area contributed by atoms with Gasteiger partial charge in [0.05, 0.1) is 25.2 Å². The SMILES string of the molecule is COc1cncc(N2CCNC(C)(C)C2)c1. The first-order valence-corrected chi connectivity index (χ1v) is 5.60. The summed E-state index contributed by atoms with van der Waals surface area (Å²) in [4.78, 5) is 6.53. The molecule has 1 aliphatic rings. The minimum absolute atomic E-state index is 0.154. The van der Waals surface area contributed by atoms with Crippen LogP contribution in [0.4, 0.5) is 5.69 Å². The van der Waals surface area contributed by atoms with Crippen molar-refractivity contribution >= 4 is 5.69 Å². The molecule has 0 unspecified atom stereocenters. The van der Waals surface area contributed by atoms with Crippen molar-refractivity contribution in [1.29, 1.82) is 0 Å². The van der Waals surface area contributed by atoms with Crippen molar-refractivity contribution in [3.05, 3.63) is 18.5 Å². The van der Waals surface area contributed by atoms with Crippen LogP contribution in [-0.2, 0) is 0 Å². The van der Waals surface area contributed by atoms with Crippen LogP contribution in [0.25, 0.3) is 0 Å². The van der Waals surface area contributed by atoms with Gasteiger partial charge in [-0.15, -0.1) is 0 Å². The highest BCUT2D eigenvalue weighted by Crippen LogP contribution is 2.22. The van der Waals surface area contributed by atoms with E-state index in [9.17, 15) is 0 Å². The Balaban J connectivity index is 2.16. The van der Waals surface area contributed by atoms with Gasteiger partial charge in [0, 0.05) is 31.2 Å². The second kappa shape index (κ2) is 4.29. The maximum atomic E-state index is 5.19. The summed E-state index contributed by atoms with van der Waals surface area (Å²) in [5.41, 5.74) is 1.29. The first kappa shape index (κ1) is 11.2. The number of nitrogens with one attached hydrogen (secondary N) is 1. The highest BCUT2D eigenvalue weighted by molar-refractivity contribution is 5.49. The van der Waals surface area contributed by atoms with Gasteiger partial charge in [0.2, 0.25) is 0 Å². The van der Waals surface area contributed by atoms with E-state index in [-0.39, 0.29) is 5.54 Å². The molecule has 0 radical (unpaired) electrons. The number of hydrogen-bond donors (Lipinski definition) is 1. The van der Waals surface area contributed by atoms with Crippen LogP contribution in [0.5, 0.6) is 5.75 Å². The Morgan fingerprint density at radius 3 is 2.94 bits per heavy atom. The zero-order valence-electron chi connectivity index (χ0n) is 10.2. The number of ether oxygens (including phenoxy) is 1. The van der Waals surface area contributed by atoms with Crippen LogP contribution in [0.3, 0.4) is 0 Å². The number of methoxy groups -OCH3 is 1. The quantitative estimate of drug-likeness (QED) is 0.816. The summed E-state index contributed by atoms with van der Waals surface area (Å²) < 4.78 is 5.19. The zero-order chi connectivity index (χ0) is 11.6. The van der Waals surface area contributed by atoms with Crippen molar-refractivity contribution in [2.24, 2.45) is 0 Å². The molecule has 16 heavy (non-hydrogen) atoms. The lowest BCUT2D eigenvalue weighted by atomic mass is 10.0. The molecule has 2 rings (SSSR count). The summed E-state index contributed by atoms with van der Waals surface area (Å²) in [6, 6.07) is 2.04. The van der Waals surface area contributed by atoms with Crippen molar-refractivity contribution in [3.63, 3.8) is 0 Å². The maximum absolute atomic E-state index is 5.19. The number of rotatable bonds is 2. The highest BCUT2D eigenvalue weighted by atomic mass is 16.5. The first-order chi connectivity index (χ1) is 7.61. The highest BCUT2D eigenvalue weighted by Gasteiger charge is 2.25. The number of anilines is 1. The summed E-state index contributed by atoms with van der Waals surface area (Å²) in [6.45, 7) is 7.43. The van der Waals surface area contributed by atoms with E-state index in [0.717, 1.165) is 31.1 Å². The summed E-state index contributed by atoms with van der Waals surface area (Å²) in [6.07, 6.45) is 3.63. The molecule has 1 saturated heterocycles. The Hall–Kier alpha value is -1.29. The lowest BCUT2D eigenvalue weighted by Crippen LogP contribution is -2.57. The minimum Gasteiger partial charge on any atom is -0.495 e. The van der Waals surface area contributed by atoms with Crippen LogP contribution in [0, 0.1) is 0 Å². The summed E-state index contributed by atoms with van der Waals surface area (Å²) in [5.74, 6) is 0.814. The minimum atomic E-state index is 0.154.